The fraction of sp³-hybridized carbons (Fsp3) is 0.222. The largest absolute Gasteiger partial charge is 0.293 e. The molecule has 0 radical (unpaired) electrons. The Balaban J connectivity index is 1.78. The van der Waals surface area contributed by atoms with Crippen LogP contribution in [0.2, 0.25) is 0 Å². The van der Waals surface area contributed by atoms with Gasteiger partial charge in [-0.3, -0.25) is 4.72 Å². The van der Waals surface area contributed by atoms with Gasteiger partial charge in [0.05, 0.1) is 25.3 Å². The van der Waals surface area contributed by atoms with Crippen molar-refractivity contribution in [3.8, 4) is 21.7 Å². The number of aromatic nitrogens is 2. The van der Waals surface area contributed by atoms with Gasteiger partial charge in [-0.05, 0) is 60.5 Å². The molecule has 170 valence electrons. The van der Waals surface area contributed by atoms with Crippen LogP contribution in [0.3, 0.4) is 0 Å². The highest BCUT2D eigenvalue weighted by molar-refractivity contribution is 8.02. The minimum Gasteiger partial charge on any atom is -0.293 e. The van der Waals surface area contributed by atoms with Crippen molar-refractivity contribution in [1.29, 1.82) is 0 Å². The number of aryl methyl sites for hydroxylation is 2. The fourth-order valence-corrected chi connectivity index (χ4v) is 6.77. The molecule has 4 rings (SSSR count). The Morgan fingerprint density at radius 1 is 1.03 bits per heavy atom. The summed E-state index contributed by atoms with van der Waals surface area (Å²) in [6.07, 6.45) is 2.65. The first kappa shape index (κ1) is 23.2. The van der Waals surface area contributed by atoms with E-state index in [0.717, 1.165) is 38.0 Å². The average molecular weight is 476 g/mol. The van der Waals surface area contributed by atoms with Gasteiger partial charge in [-0.1, -0.05) is 62.7 Å². The van der Waals surface area contributed by atoms with Gasteiger partial charge in [-0.25, -0.2) is 14.2 Å². The molecule has 1 unspecified atom stereocenters. The number of benzene rings is 2. The first-order valence-corrected chi connectivity index (χ1v) is 13.6. The summed E-state index contributed by atoms with van der Waals surface area (Å²) in [6.45, 7) is 8.28. The van der Waals surface area contributed by atoms with Gasteiger partial charge in [0.1, 0.15) is 5.82 Å². The predicted octanol–water partition coefficient (Wildman–Crippen LogP) is 6.87. The number of hydrogen-bond donors (Lipinski definition) is 1. The van der Waals surface area contributed by atoms with Crippen molar-refractivity contribution in [2.75, 3.05) is 4.72 Å². The van der Waals surface area contributed by atoms with Crippen molar-refractivity contribution in [2.45, 2.75) is 39.0 Å². The molecular weight excluding hydrogens is 446 g/mol. The maximum absolute atomic E-state index is 14.0. The Kier molecular flexibility index (Phi) is 6.96. The normalized spacial score (nSPS) is 13.0. The molecule has 0 fully saturated rings. The van der Waals surface area contributed by atoms with Crippen molar-refractivity contribution in [3.05, 3.63) is 83.5 Å². The Hall–Kier alpha value is -2.96. The highest BCUT2D eigenvalue weighted by Crippen LogP contribution is 2.38. The van der Waals surface area contributed by atoms with Crippen LogP contribution in [-0.4, -0.2) is 19.5 Å². The fourth-order valence-electron chi connectivity index (χ4n) is 3.66. The molecule has 4 aromatic rings. The maximum Gasteiger partial charge on any atom is 0.138 e. The van der Waals surface area contributed by atoms with Crippen molar-refractivity contribution in [3.63, 3.8) is 0 Å². The molecule has 0 aliphatic carbocycles. The Bertz CT molecular complexity index is 1370. The summed E-state index contributed by atoms with van der Waals surface area (Å²) in [6, 6.07) is 21.9. The van der Waals surface area contributed by atoms with Crippen LogP contribution in [0.15, 0.2) is 77.8 Å². The molecule has 1 atom stereocenters. The Morgan fingerprint density at radius 2 is 1.82 bits per heavy atom. The molecule has 0 spiro atoms. The van der Waals surface area contributed by atoms with Gasteiger partial charge in [0.25, 0.3) is 0 Å². The van der Waals surface area contributed by atoms with E-state index in [2.05, 4.69) is 47.8 Å². The quantitative estimate of drug-likeness (QED) is 0.297. The molecule has 1 N–H and O–H groups in total. The van der Waals surface area contributed by atoms with Crippen LogP contribution < -0.4 is 4.72 Å². The number of rotatable bonds is 7. The molecule has 6 heteroatoms. The molecule has 0 bridgehead atoms. The van der Waals surface area contributed by atoms with E-state index in [-0.39, 0.29) is 5.92 Å². The number of thiazole rings is 1. The van der Waals surface area contributed by atoms with Crippen LogP contribution in [0.5, 0.6) is 0 Å². The van der Waals surface area contributed by atoms with Crippen LogP contribution >= 0.6 is 11.3 Å². The van der Waals surface area contributed by atoms with E-state index in [4.69, 9.17) is 4.98 Å². The number of pyridine rings is 1. The topological polar surface area (TPSA) is 54.9 Å². The second-order valence-corrected chi connectivity index (χ2v) is 11.6. The summed E-state index contributed by atoms with van der Waals surface area (Å²) >= 11 is 1.70. The minimum absolute atomic E-state index is 0.148. The van der Waals surface area contributed by atoms with Gasteiger partial charge in [-0.2, -0.15) is 0 Å². The summed E-state index contributed by atoms with van der Waals surface area (Å²) in [4.78, 5) is 11.3. The lowest BCUT2D eigenvalue weighted by molar-refractivity contribution is 0.683. The predicted molar refractivity (Wildman–Crippen MR) is 142 cm³/mol. The molecule has 0 saturated heterocycles. The van der Waals surface area contributed by atoms with Gasteiger partial charge >= 0.3 is 0 Å². The smallest absolute Gasteiger partial charge is 0.138 e. The van der Waals surface area contributed by atoms with Gasteiger partial charge in [0.2, 0.25) is 0 Å². The lowest BCUT2D eigenvalue weighted by atomic mass is 10.1. The van der Waals surface area contributed by atoms with E-state index in [1.54, 1.807) is 17.5 Å². The van der Waals surface area contributed by atoms with Crippen molar-refractivity contribution >= 4 is 32.2 Å². The van der Waals surface area contributed by atoms with Crippen LogP contribution in [0, 0.1) is 12.8 Å². The molecule has 0 saturated carbocycles. The van der Waals surface area contributed by atoms with E-state index in [0.29, 0.717) is 5.82 Å². The molecule has 0 aliphatic heterocycles. The van der Waals surface area contributed by atoms with Gasteiger partial charge < -0.3 is 0 Å². The molecule has 0 aliphatic rings. The molecule has 33 heavy (non-hydrogen) atoms. The number of hydrogen-bond acceptors (Lipinski definition) is 4. The van der Waals surface area contributed by atoms with Crippen LogP contribution in [0.1, 0.15) is 31.3 Å². The van der Waals surface area contributed by atoms with Crippen LogP contribution in [0.4, 0.5) is 5.82 Å². The Labute approximate surface area is 200 Å². The van der Waals surface area contributed by atoms with Crippen LogP contribution in [-0.2, 0) is 16.1 Å². The third kappa shape index (κ3) is 5.34. The van der Waals surface area contributed by atoms with Crippen molar-refractivity contribution in [1.82, 2.24) is 9.97 Å². The molecule has 4 nitrogen and oxygen atoms in total. The van der Waals surface area contributed by atoms with Gasteiger partial charge in [0, 0.05) is 16.7 Å². The van der Waals surface area contributed by atoms with Gasteiger partial charge in [-0.15, -0.1) is 11.3 Å². The average Bonchev–Trinajstić information content (AvgIpc) is 3.24. The van der Waals surface area contributed by atoms with Crippen molar-refractivity contribution in [2.24, 2.45) is 5.92 Å². The zero-order valence-electron chi connectivity index (χ0n) is 19.4. The summed E-state index contributed by atoms with van der Waals surface area (Å²) in [5.41, 5.74) is 4.30. The summed E-state index contributed by atoms with van der Waals surface area (Å²) in [5.74, 6) is 0.731. The zero-order chi connectivity index (χ0) is 23.4. The van der Waals surface area contributed by atoms with E-state index >= 15 is 0 Å². The first-order valence-electron chi connectivity index (χ1n) is 11.1. The monoisotopic (exact) mass is 475 g/mol. The number of nitrogens with one attached hydrogen (secondary N) is 1. The summed E-state index contributed by atoms with van der Waals surface area (Å²) in [5, 5.41) is 2.96. The zero-order valence-corrected chi connectivity index (χ0v) is 21.0. The molecule has 2 aromatic heterocycles. The highest BCUT2D eigenvalue weighted by Gasteiger charge is 2.17. The third-order valence-electron chi connectivity index (χ3n) is 5.10. The van der Waals surface area contributed by atoms with E-state index in [1.165, 1.54) is 5.56 Å². The maximum atomic E-state index is 14.0. The molecule has 2 heterocycles. The van der Waals surface area contributed by atoms with Gasteiger partial charge in [0.15, 0.2) is 0 Å². The standard InChI is InChI=1S/C27H29N3OS2/c1-5-25-29-26(21-11-9-10-20(4)16-21)27(32-25)22-14-15-28-24(17-22)30-33(31,18-19(2)3)23-12-7-6-8-13-23/h6-19H,5H2,1-4H3,(H,28,30,31). The first-order chi connectivity index (χ1) is 15.9. The molecular formula is C27H29N3OS2. The lowest BCUT2D eigenvalue weighted by Gasteiger charge is -2.16. The second kappa shape index (κ2) is 9.89. The van der Waals surface area contributed by atoms with Crippen molar-refractivity contribution < 1.29 is 4.21 Å². The summed E-state index contributed by atoms with van der Waals surface area (Å²) < 4.78 is 17.2. The lowest BCUT2D eigenvalue weighted by Crippen LogP contribution is -2.18. The molecule has 2 aromatic carbocycles. The van der Waals surface area contributed by atoms with E-state index in [9.17, 15) is 4.21 Å². The van der Waals surface area contributed by atoms with E-state index in [1.807, 2.05) is 61.7 Å². The summed E-state index contributed by atoms with van der Waals surface area (Å²) in [7, 11) is -2.64. The SMILES string of the molecule is CCc1nc(-c2cccc(C)c2)c(-c2ccnc(NS(=O)(=CC(C)C)c3ccccc3)c2)s1. The third-order valence-corrected chi connectivity index (χ3v) is 8.76. The molecule has 0 amide bonds. The number of anilines is 1. The van der Waals surface area contributed by atoms with E-state index < -0.39 is 9.71 Å². The Morgan fingerprint density at radius 3 is 2.52 bits per heavy atom. The number of nitrogens with zero attached hydrogens (tertiary/aromatic N) is 2. The highest BCUT2D eigenvalue weighted by atomic mass is 32.2. The van der Waals surface area contributed by atoms with Crippen LogP contribution in [0.25, 0.3) is 21.7 Å². The minimum atomic E-state index is -2.64. The second-order valence-electron chi connectivity index (χ2n) is 8.33.